The van der Waals surface area contributed by atoms with Gasteiger partial charge in [0, 0.05) is 6.54 Å². The summed E-state index contributed by atoms with van der Waals surface area (Å²) in [5, 5.41) is 3.25. The molecule has 1 aromatic carbocycles. The summed E-state index contributed by atoms with van der Waals surface area (Å²) in [6, 6.07) is 10.9. The zero-order valence-electron chi connectivity index (χ0n) is 13.4. The van der Waals surface area contributed by atoms with Crippen LogP contribution in [0, 0.1) is 5.92 Å². The Morgan fingerprint density at radius 3 is 2.45 bits per heavy atom. The normalized spacial score (nSPS) is 21.8. The van der Waals surface area contributed by atoms with Gasteiger partial charge in [-0.15, -0.1) is 24.0 Å². The van der Waals surface area contributed by atoms with Crippen LogP contribution in [0.2, 0.25) is 0 Å². The number of nitrogens with two attached hydrogens (primary N) is 1. The molecule has 0 atom stereocenters. The molecule has 2 rings (SSSR count). The highest BCUT2D eigenvalue weighted by Crippen LogP contribution is 2.35. The number of benzene rings is 1. The molecule has 1 aromatic rings. The molecule has 0 radical (unpaired) electrons. The Balaban J connectivity index is 0.00000242. The first-order valence-corrected chi connectivity index (χ1v) is 7.88. The fraction of sp³-hybridized carbons (Fsp3) is 0.500. The summed E-state index contributed by atoms with van der Waals surface area (Å²) >= 11 is 0. The van der Waals surface area contributed by atoms with Gasteiger partial charge >= 0.3 is 0 Å². The van der Waals surface area contributed by atoms with Crippen LogP contribution >= 0.6 is 24.0 Å². The summed E-state index contributed by atoms with van der Waals surface area (Å²) in [6.07, 6.45) is 5.08. The highest BCUT2D eigenvalue weighted by atomic mass is 127. The van der Waals surface area contributed by atoms with E-state index in [1.54, 1.807) is 0 Å². The smallest absolute Gasteiger partial charge is 0.188 e. The van der Waals surface area contributed by atoms with E-state index in [-0.39, 0.29) is 24.0 Å². The third-order valence-electron chi connectivity index (χ3n) is 4.21. The molecule has 122 valence electrons. The zero-order valence-corrected chi connectivity index (χ0v) is 15.8. The average molecular weight is 413 g/mol. The Morgan fingerprint density at radius 2 is 1.86 bits per heavy atom. The summed E-state index contributed by atoms with van der Waals surface area (Å²) in [5.74, 6) is 1.99. The molecule has 1 aliphatic rings. The molecule has 1 fully saturated rings. The Kier molecular flexibility index (Phi) is 8.53. The molecule has 0 unspecified atom stereocenters. The minimum absolute atomic E-state index is 0. The molecule has 0 saturated heterocycles. The topological polar surface area (TPSA) is 50.4 Å². The predicted octanol–water partition coefficient (Wildman–Crippen LogP) is 4.06. The minimum atomic E-state index is 0. The van der Waals surface area contributed by atoms with Crippen molar-refractivity contribution >= 4 is 29.9 Å². The van der Waals surface area contributed by atoms with E-state index in [1.165, 1.54) is 31.2 Å². The average Bonchev–Trinajstić information content (AvgIpc) is 2.52. The van der Waals surface area contributed by atoms with E-state index in [4.69, 9.17) is 5.73 Å². The summed E-state index contributed by atoms with van der Waals surface area (Å²) in [6.45, 7) is 7.33. The van der Waals surface area contributed by atoms with Gasteiger partial charge in [-0.1, -0.05) is 42.5 Å². The number of hydrogen-bond donors (Lipinski definition) is 2. The van der Waals surface area contributed by atoms with E-state index in [2.05, 4.69) is 47.2 Å². The maximum absolute atomic E-state index is 5.86. The number of nitrogens with zero attached hydrogens (tertiary/aromatic N) is 1. The van der Waals surface area contributed by atoms with Crippen molar-refractivity contribution in [3.8, 4) is 0 Å². The first kappa shape index (κ1) is 19.0. The van der Waals surface area contributed by atoms with Gasteiger partial charge in [0.05, 0.1) is 6.54 Å². The lowest BCUT2D eigenvalue weighted by Gasteiger charge is -2.29. The van der Waals surface area contributed by atoms with Crippen LogP contribution in [0.1, 0.15) is 44.1 Å². The summed E-state index contributed by atoms with van der Waals surface area (Å²) in [5.41, 5.74) is 8.38. The van der Waals surface area contributed by atoms with Crippen LogP contribution in [-0.4, -0.2) is 19.0 Å². The lowest BCUT2D eigenvalue weighted by molar-refractivity contribution is 0.325. The fourth-order valence-corrected chi connectivity index (χ4v) is 2.95. The first-order chi connectivity index (χ1) is 10.1. The van der Waals surface area contributed by atoms with Gasteiger partial charge in [0.1, 0.15) is 0 Å². The Bertz CT molecular complexity index is 476. The third-order valence-corrected chi connectivity index (χ3v) is 4.21. The lowest BCUT2D eigenvalue weighted by atomic mass is 9.79. The maximum atomic E-state index is 5.86. The van der Waals surface area contributed by atoms with Crippen LogP contribution in [0.5, 0.6) is 0 Å². The van der Waals surface area contributed by atoms with Crippen LogP contribution in [0.15, 0.2) is 47.5 Å². The van der Waals surface area contributed by atoms with Crippen molar-refractivity contribution in [2.24, 2.45) is 16.6 Å². The predicted molar refractivity (Wildman–Crippen MR) is 106 cm³/mol. The van der Waals surface area contributed by atoms with Gasteiger partial charge < -0.3 is 11.1 Å². The van der Waals surface area contributed by atoms with Crippen molar-refractivity contribution in [2.75, 3.05) is 13.1 Å². The molecule has 4 heteroatoms. The van der Waals surface area contributed by atoms with E-state index in [0.717, 1.165) is 18.0 Å². The number of aliphatic imine (C=N–C) groups is 1. The molecule has 1 aliphatic carbocycles. The van der Waals surface area contributed by atoms with E-state index in [1.807, 2.05) is 6.92 Å². The van der Waals surface area contributed by atoms with Gasteiger partial charge in [0.2, 0.25) is 0 Å². The first-order valence-electron chi connectivity index (χ1n) is 7.88. The number of halogens is 1. The highest BCUT2D eigenvalue weighted by molar-refractivity contribution is 14.0. The van der Waals surface area contributed by atoms with Crippen LogP contribution in [0.4, 0.5) is 0 Å². The molecule has 0 amide bonds. The summed E-state index contributed by atoms with van der Waals surface area (Å²) in [7, 11) is 0. The molecule has 1 saturated carbocycles. The second-order valence-corrected chi connectivity index (χ2v) is 6.17. The Labute approximate surface area is 151 Å². The van der Waals surface area contributed by atoms with Gasteiger partial charge in [-0.25, -0.2) is 4.99 Å². The quantitative estimate of drug-likeness (QED) is 0.331. The number of rotatable bonds is 5. The van der Waals surface area contributed by atoms with Crippen molar-refractivity contribution in [3.05, 3.63) is 48.0 Å². The van der Waals surface area contributed by atoms with Crippen molar-refractivity contribution in [2.45, 2.75) is 38.5 Å². The maximum Gasteiger partial charge on any atom is 0.188 e. The number of hydrogen-bond acceptors (Lipinski definition) is 1. The highest BCUT2D eigenvalue weighted by Gasteiger charge is 2.22. The van der Waals surface area contributed by atoms with Crippen molar-refractivity contribution in [3.63, 3.8) is 0 Å². The minimum Gasteiger partial charge on any atom is -0.370 e. The Morgan fingerprint density at radius 1 is 1.23 bits per heavy atom. The molecular weight excluding hydrogens is 385 g/mol. The molecule has 3 N–H and O–H groups in total. The van der Waals surface area contributed by atoms with Gasteiger partial charge in [-0.2, -0.15) is 0 Å². The molecule has 0 aromatic heterocycles. The fourth-order valence-electron chi connectivity index (χ4n) is 2.95. The van der Waals surface area contributed by atoms with Gasteiger partial charge in [-0.3, -0.25) is 0 Å². The van der Waals surface area contributed by atoms with Gasteiger partial charge in [-0.05, 0) is 50.0 Å². The van der Waals surface area contributed by atoms with Gasteiger partial charge in [0.25, 0.3) is 0 Å². The van der Waals surface area contributed by atoms with Crippen LogP contribution in [0.25, 0.3) is 0 Å². The Hall–Kier alpha value is -1.04. The SMILES string of the molecule is C=C(C)CN=C(N)NCC1CCC(c2ccccc2)CC1.I. The molecule has 3 nitrogen and oxygen atoms in total. The molecule has 0 spiro atoms. The molecular formula is C18H28IN3. The monoisotopic (exact) mass is 413 g/mol. The van der Waals surface area contributed by atoms with E-state index in [9.17, 15) is 0 Å². The van der Waals surface area contributed by atoms with Crippen LogP contribution in [-0.2, 0) is 0 Å². The third kappa shape index (κ3) is 6.38. The standard InChI is InChI=1S/C18H27N3.HI/c1-14(2)12-20-18(19)21-13-15-8-10-17(11-9-15)16-6-4-3-5-7-16;/h3-7,15,17H,1,8-13H2,2H3,(H3,19,20,21);1H. The molecule has 22 heavy (non-hydrogen) atoms. The summed E-state index contributed by atoms with van der Waals surface area (Å²) < 4.78 is 0. The molecule has 0 bridgehead atoms. The zero-order chi connectivity index (χ0) is 15.1. The van der Waals surface area contributed by atoms with E-state index in [0.29, 0.717) is 18.4 Å². The second kappa shape index (κ2) is 9.87. The van der Waals surface area contributed by atoms with Crippen LogP contribution < -0.4 is 11.1 Å². The van der Waals surface area contributed by atoms with Crippen molar-refractivity contribution < 1.29 is 0 Å². The van der Waals surface area contributed by atoms with E-state index < -0.39 is 0 Å². The second-order valence-electron chi connectivity index (χ2n) is 6.17. The molecule has 0 heterocycles. The van der Waals surface area contributed by atoms with Crippen LogP contribution in [0.3, 0.4) is 0 Å². The van der Waals surface area contributed by atoms with Gasteiger partial charge in [0.15, 0.2) is 5.96 Å². The van der Waals surface area contributed by atoms with Crippen molar-refractivity contribution in [1.29, 1.82) is 0 Å². The number of guanidine groups is 1. The van der Waals surface area contributed by atoms with E-state index >= 15 is 0 Å². The summed E-state index contributed by atoms with van der Waals surface area (Å²) in [4.78, 5) is 4.25. The molecule has 0 aliphatic heterocycles. The largest absolute Gasteiger partial charge is 0.370 e. The van der Waals surface area contributed by atoms with Crippen molar-refractivity contribution in [1.82, 2.24) is 5.32 Å². The lowest BCUT2D eigenvalue weighted by Crippen LogP contribution is -2.36. The number of nitrogens with one attached hydrogen (secondary N) is 1.